The molecule has 0 amide bonds. The van der Waals surface area contributed by atoms with Gasteiger partial charge in [0.05, 0.1) is 0 Å². The van der Waals surface area contributed by atoms with Gasteiger partial charge in [-0.3, -0.25) is 0 Å². The van der Waals surface area contributed by atoms with Crippen LogP contribution in [0.15, 0.2) is 42.0 Å². The maximum atomic E-state index is 6.46. The number of allylic oxidation sites excluding steroid dienone is 1. The van der Waals surface area contributed by atoms with E-state index in [0.29, 0.717) is 3.63 Å². The van der Waals surface area contributed by atoms with E-state index in [2.05, 4.69) is 63.2 Å². The van der Waals surface area contributed by atoms with Crippen molar-refractivity contribution < 1.29 is 19.4 Å². The Morgan fingerprint density at radius 3 is 2.36 bits per heavy atom. The van der Waals surface area contributed by atoms with Crippen molar-refractivity contribution in [3.05, 3.63) is 64.2 Å². The van der Waals surface area contributed by atoms with Gasteiger partial charge in [0.15, 0.2) is 0 Å². The number of hydrogen-bond acceptors (Lipinski definition) is 0. The summed E-state index contributed by atoms with van der Waals surface area (Å²) in [5, 5.41) is 0. The van der Waals surface area contributed by atoms with Gasteiger partial charge < -0.3 is 0 Å². The third kappa shape index (κ3) is 2.77. The summed E-state index contributed by atoms with van der Waals surface area (Å²) in [6, 6.07) is 13.1. The van der Waals surface area contributed by atoms with Crippen molar-refractivity contribution >= 4 is 23.1 Å². The second-order valence-electron chi connectivity index (χ2n) is 5.85. The maximum absolute atomic E-state index is 6.46. The molecule has 0 bridgehead atoms. The van der Waals surface area contributed by atoms with Gasteiger partial charge in [-0.05, 0) is 0 Å². The monoisotopic (exact) mass is 407 g/mol. The quantitative estimate of drug-likeness (QED) is 0.526. The average Bonchev–Trinajstić information content (AvgIpc) is 2.88. The van der Waals surface area contributed by atoms with Gasteiger partial charge >= 0.3 is 149 Å². The van der Waals surface area contributed by atoms with Crippen LogP contribution in [0.1, 0.15) is 39.2 Å². The van der Waals surface area contributed by atoms with E-state index in [1.165, 1.54) is 39.0 Å². The summed E-state index contributed by atoms with van der Waals surface area (Å²) in [6.45, 7) is 6.56. The van der Waals surface area contributed by atoms with E-state index >= 15 is 0 Å². The molecule has 2 aromatic carbocycles. The molecule has 1 aliphatic rings. The molecule has 0 nitrogen and oxygen atoms in total. The normalized spacial score (nSPS) is 16.4. The Labute approximate surface area is 147 Å². The molecule has 2 aromatic rings. The van der Waals surface area contributed by atoms with Gasteiger partial charge in [-0.25, -0.2) is 0 Å². The fraction of sp³-hybridized carbons (Fsp3) is 0.263. The Kier molecular flexibility index (Phi) is 4.98. The predicted octanol–water partition coefficient (Wildman–Crippen LogP) is 6.74. The summed E-state index contributed by atoms with van der Waals surface area (Å²) in [7, 11) is 12.9. The van der Waals surface area contributed by atoms with Crippen LogP contribution in [0.4, 0.5) is 0 Å². The van der Waals surface area contributed by atoms with Crippen LogP contribution < -0.4 is 0 Å². The van der Waals surface area contributed by atoms with Crippen molar-refractivity contribution in [1.82, 2.24) is 0 Å². The zero-order chi connectivity index (χ0) is 15.9. The van der Waals surface area contributed by atoms with Gasteiger partial charge in [0.2, 0.25) is 0 Å². The molecule has 22 heavy (non-hydrogen) atoms. The second kappa shape index (κ2) is 6.64. The van der Waals surface area contributed by atoms with Gasteiger partial charge in [-0.15, -0.1) is 0 Å². The Balaban J connectivity index is 2.22. The Bertz CT molecular complexity index is 747. The topological polar surface area (TPSA) is 0 Å². The molecule has 1 aliphatic carbocycles. The van der Waals surface area contributed by atoms with E-state index in [1.807, 2.05) is 0 Å². The van der Waals surface area contributed by atoms with Crippen LogP contribution in [0.25, 0.3) is 17.2 Å². The number of rotatable bonds is 3. The molecule has 1 atom stereocenters. The second-order valence-corrected chi connectivity index (χ2v) is 14.7. The van der Waals surface area contributed by atoms with Crippen LogP contribution >= 0.6 is 17.0 Å². The SMILES string of the molecule is CCC1=Cc2c(-c3cccc(C)c3C)cccc2[CH]1[Zr]([Cl])[Cl]. The summed E-state index contributed by atoms with van der Waals surface area (Å²) in [5.74, 6) is 0. The Hall–Kier alpha value is -0.357. The average molecular weight is 409 g/mol. The molecule has 0 radical (unpaired) electrons. The van der Waals surface area contributed by atoms with Crippen molar-refractivity contribution in [2.75, 3.05) is 0 Å². The van der Waals surface area contributed by atoms with Crippen LogP contribution in [0.5, 0.6) is 0 Å². The van der Waals surface area contributed by atoms with Crippen LogP contribution in [0.2, 0.25) is 0 Å². The van der Waals surface area contributed by atoms with Gasteiger partial charge in [0, 0.05) is 0 Å². The minimum absolute atomic E-state index is 0.316. The first-order valence-electron chi connectivity index (χ1n) is 7.62. The van der Waals surface area contributed by atoms with Crippen LogP contribution in [-0.2, 0) is 19.4 Å². The Morgan fingerprint density at radius 2 is 1.68 bits per heavy atom. The molecule has 0 aromatic heterocycles. The van der Waals surface area contributed by atoms with Crippen LogP contribution in [0, 0.1) is 13.8 Å². The first kappa shape index (κ1) is 16.5. The molecular weight excluding hydrogens is 390 g/mol. The fourth-order valence-electron chi connectivity index (χ4n) is 3.31. The van der Waals surface area contributed by atoms with Crippen LogP contribution in [0.3, 0.4) is 0 Å². The summed E-state index contributed by atoms with van der Waals surface area (Å²) >= 11 is -2.38. The molecular formula is C19H19Cl2Zr. The van der Waals surface area contributed by atoms with Crippen LogP contribution in [-0.4, -0.2) is 0 Å². The first-order valence-corrected chi connectivity index (χ1v) is 15.4. The molecule has 0 aliphatic heterocycles. The summed E-state index contributed by atoms with van der Waals surface area (Å²) < 4.78 is 0.316. The molecule has 0 N–H and O–H groups in total. The van der Waals surface area contributed by atoms with Gasteiger partial charge in [-0.1, -0.05) is 0 Å². The van der Waals surface area contributed by atoms with E-state index < -0.39 is 19.4 Å². The summed E-state index contributed by atoms with van der Waals surface area (Å²) in [6.07, 6.45) is 3.36. The third-order valence-corrected chi connectivity index (χ3v) is 10.0. The number of halogens is 2. The molecule has 0 fully saturated rings. The molecule has 3 heteroatoms. The number of hydrogen-bond donors (Lipinski definition) is 0. The zero-order valence-electron chi connectivity index (χ0n) is 13.1. The summed E-state index contributed by atoms with van der Waals surface area (Å²) in [5.41, 5.74) is 9.39. The van der Waals surface area contributed by atoms with E-state index in [0.717, 1.165) is 6.42 Å². The van der Waals surface area contributed by atoms with Crippen molar-refractivity contribution in [2.24, 2.45) is 0 Å². The van der Waals surface area contributed by atoms with Crippen molar-refractivity contribution in [3.63, 3.8) is 0 Å². The number of aryl methyl sites for hydroxylation is 1. The van der Waals surface area contributed by atoms with E-state index in [4.69, 9.17) is 17.0 Å². The minimum atomic E-state index is -2.38. The standard InChI is InChI=1S/C19H19.2ClH.Zr/c1-4-15-11-16-8-6-10-18(19(16)12-15)17-9-5-7-13(2)14(17)3;;;/h5-12H,4H2,1-3H3;2*1H;/q;;;+2/p-2. The Morgan fingerprint density at radius 1 is 1.00 bits per heavy atom. The fourth-order valence-corrected chi connectivity index (χ4v) is 8.95. The zero-order valence-corrected chi connectivity index (χ0v) is 17.1. The summed E-state index contributed by atoms with van der Waals surface area (Å²) in [4.78, 5) is 0. The molecule has 0 spiro atoms. The third-order valence-electron chi connectivity index (χ3n) is 4.67. The van der Waals surface area contributed by atoms with Gasteiger partial charge in [-0.2, -0.15) is 0 Å². The van der Waals surface area contributed by atoms with Gasteiger partial charge in [0.25, 0.3) is 0 Å². The first-order chi connectivity index (χ1) is 10.5. The molecule has 0 heterocycles. The van der Waals surface area contributed by atoms with E-state index in [9.17, 15) is 0 Å². The molecule has 0 saturated heterocycles. The molecule has 3 rings (SSSR count). The van der Waals surface area contributed by atoms with Crippen molar-refractivity contribution in [2.45, 2.75) is 30.8 Å². The predicted molar refractivity (Wildman–Crippen MR) is 94.1 cm³/mol. The van der Waals surface area contributed by atoms with E-state index in [-0.39, 0.29) is 0 Å². The van der Waals surface area contributed by atoms with E-state index in [1.54, 1.807) is 0 Å². The van der Waals surface area contributed by atoms with Crippen molar-refractivity contribution in [1.29, 1.82) is 0 Å². The molecule has 113 valence electrons. The number of fused-ring (bicyclic) bond motifs is 1. The number of benzene rings is 2. The van der Waals surface area contributed by atoms with Gasteiger partial charge in [0.1, 0.15) is 0 Å². The molecule has 1 unspecified atom stereocenters. The van der Waals surface area contributed by atoms with Crippen molar-refractivity contribution in [3.8, 4) is 11.1 Å². The molecule has 0 saturated carbocycles.